The van der Waals surface area contributed by atoms with E-state index in [1.165, 1.54) is 12.1 Å². The zero-order chi connectivity index (χ0) is 9.14. The van der Waals surface area contributed by atoms with Crippen LogP contribution in [0.4, 0.5) is 10.1 Å². The highest BCUT2D eigenvalue weighted by Crippen LogP contribution is 2.22. The van der Waals surface area contributed by atoms with Crippen molar-refractivity contribution in [3.63, 3.8) is 0 Å². The third kappa shape index (κ3) is 2.60. The molecule has 0 fully saturated rings. The first kappa shape index (κ1) is 9.74. The molecule has 0 saturated heterocycles. The molecule has 0 aliphatic rings. The van der Waals surface area contributed by atoms with Gasteiger partial charge in [0.1, 0.15) is 5.82 Å². The number of hydrogen-bond acceptors (Lipinski definition) is 1. The van der Waals surface area contributed by atoms with Crippen molar-refractivity contribution < 1.29 is 4.39 Å². The lowest BCUT2D eigenvalue weighted by Gasteiger charge is -1.99. The summed E-state index contributed by atoms with van der Waals surface area (Å²) in [6.07, 6.45) is 1.76. The Morgan fingerprint density at radius 3 is 2.58 bits per heavy atom. The molecule has 0 amide bonds. The lowest BCUT2D eigenvalue weighted by molar-refractivity contribution is 0.628. The quantitative estimate of drug-likeness (QED) is 0.788. The van der Waals surface area contributed by atoms with Gasteiger partial charge in [-0.05, 0) is 61.7 Å². The highest BCUT2D eigenvalue weighted by atomic mass is 79.9. The SMILES string of the molecule is Nc1cc(F)ccc1C=C(Br)Br. The van der Waals surface area contributed by atoms with E-state index in [-0.39, 0.29) is 5.82 Å². The van der Waals surface area contributed by atoms with Crippen LogP contribution < -0.4 is 5.73 Å². The Labute approximate surface area is 86.7 Å². The van der Waals surface area contributed by atoms with Crippen molar-refractivity contribution in [2.45, 2.75) is 0 Å². The van der Waals surface area contributed by atoms with Crippen molar-refractivity contribution >= 4 is 43.6 Å². The van der Waals surface area contributed by atoms with E-state index in [0.29, 0.717) is 5.69 Å². The van der Waals surface area contributed by atoms with Gasteiger partial charge in [-0.3, -0.25) is 0 Å². The highest BCUT2D eigenvalue weighted by molar-refractivity contribution is 9.28. The minimum Gasteiger partial charge on any atom is -0.398 e. The largest absolute Gasteiger partial charge is 0.398 e. The lowest BCUT2D eigenvalue weighted by Crippen LogP contribution is -1.89. The van der Waals surface area contributed by atoms with Gasteiger partial charge in [-0.2, -0.15) is 0 Å². The molecule has 1 aromatic carbocycles. The molecule has 1 rings (SSSR count). The van der Waals surface area contributed by atoms with Crippen molar-refractivity contribution in [2.24, 2.45) is 0 Å². The van der Waals surface area contributed by atoms with Crippen LogP contribution in [-0.2, 0) is 0 Å². The Morgan fingerprint density at radius 2 is 2.08 bits per heavy atom. The van der Waals surface area contributed by atoms with Crippen LogP contribution >= 0.6 is 31.9 Å². The lowest BCUT2D eigenvalue weighted by atomic mass is 10.2. The van der Waals surface area contributed by atoms with Crippen LogP contribution in [0.15, 0.2) is 21.6 Å². The summed E-state index contributed by atoms with van der Waals surface area (Å²) in [7, 11) is 0. The maximum Gasteiger partial charge on any atom is 0.125 e. The molecule has 0 bridgehead atoms. The van der Waals surface area contributed by atoms with Crippen LogP contribution in [0, 0.1) is 5.82 Å². The minimum absolute atomic E-state index is 0.324. The molecule has 12 heavy (non-hydrogen) atoms. The standard InChI is InChI=1S/C8H6Br2FN/c9-8(10)3-5-1-2-6(11)4-7(5)12/h1-4H,12H2. The van der Waals surface area contributed by atoms with Crippen molar-refractivity contribution in [1.82, 2.24) is 0 Å². The van der Waals surface area contributed by atoms with Crippen molar-refractivity contribution in [3.05, 3.63) is 33.0 Å². The van der Waals surface area contributed by atoms with Gasteiger partial charge in [0.25, 0.3) is 0 Å². The van der Waals surface area contributed by atoms with Crippen LogP contribution in [0.5, 0.6) is 0 Å². The summed E-state index contributed by atoms with van der Waals surface area (Å²) < 4.78 is 13.3. The van der Waals surface area contributed by atoms with E-state index in [0.717, 1.165) is 8.96 Å². The van der Waals surface area contributed by atoms with Crippen molar-refractivity contribution in [1.29, 1.82) is 0 Å². The molecule has 1 aromatic rings. The van der Waals surface area contributed by atoms with E-state index >= 15 is 0 Å². The molecule has 64 valence electrons. The maximum absolute atomic E-state index is 12.6. The number of anilines is 1. The van der Waals surface area contributed by atoms with E-state index in [1.807, 2.05) is 0 Å². The maximum atomic E-state index is 12.6. The number of benzene rings is 1. The first-order valence-electron chi connectivity index (χ1n) is 3.17. The minimum atomic E-state index is -0.324. The van der Waals surface area contributed by atoms with E-state index in [9.17, 15) is 4.39 Å². The molecule has 0 atom stereocenters. The zero-order valence-corrected chi connectivity index (χ0v) is 9.19. The summed E-state index contributed by atoms with van der Waals surface area (Å²) >= 11 is 6.38. The number of nitrogen functional groups attached to an aromatic ring is 1. The first-order chi connectivity index (χ1) is 5.59. The summed E-state index contributed by atoms with van der Waals surface area (Å²) in [4.78, 5) is 0. The fourth-order valence-corrected chi connectivity index (χ4v) is 1.29. The van der Waals surface area contributed by atoms with Gasteiger partial charge in [0.2, 0.25) is 0 Å². The predicted molar refractivity (Wildman–Crippen MR) is 56.6 cm³/mol. The van der Waals surface area contributed by atoms with Gasteiger partial charge in [-0.1, -0.05) is 0 Å². The second kappa shape index (κ2) is 4.05. The molecule has 0 saturated carbocycles. The Morgan fingerprint density at radius 1 is 1.42 bits per heavy atom. The fraction of sp³-hybridized carbons (Fsp3) is 0. The van der Waals surface area contributed by atoms with E-state index in [1.54, 1.807) is 12.1 Å². The molecule has 0 aliphatic heterocycles. The molecular weight excluding hydrogens is 289 g/mol. The van der Waals surface area contributed by atoms with Gasteiger partial charge in [0.15, 0.2) is 0 Å². The molecule has 4 heteroatoms. The van der Waals surface area contributed by atoms with Gasteiger partial charge >= 0.3 is 0 Å². The van der Waals surface area contributed by atoms with E-state index < -0.39 is 0 Å². The topological polar surface area (TPSA) is 26.0 Å². The number of halogens is 3. The molecule has 0 aromatic heterocycles. The second-order valence-electron chi connectivity index (χ2n) is 2.21. The normalized spacial score (nSPS) is 9.58. The monoisotopic (exact) mass is 293 g/mol. The molecule has 0 spiro atoms. The summed E-state index contributed by atoms with van der Waals surface area (Å²) in [5.41, 5.74) is 6.74. The Kier molecular flexibility index (Phi) is 3.29. The fourth-order valence-electron chi connectivity index (χ4n) is 0.795. The summed E-state index contributed by atoms with van der Waals surface area (Å²) in [5.74, 6) is -0.324. The second-order valence-corrected chi connectivity index (χ2v) is 4.98. The number of rotatable bonds is 1. The van der Waals surface area contributed by atoms with E-state index in [4.69, 9.17) is 5.73 Å². The zero-order valence-electron chi connectivity index (χ0n) is 6.02. The van der Waals surface area contributed by atoms with Gasteiger partial charge in [0.05, 0.1) is 3.39 Å². The molecule has 0 unspecified atom stereocenters. The van der Waals surface area contributed by atoms with Crippen LogP contribution in [0.3, 0.4) is 0 Å². The molecule has 0 heterocycles. The third-order valence-electron chi connectivity index (χ3n) is 1.31. The third-order valence-corrected chi connectivity index (χ3v) is 1.77. The van der Waals surface area contributed by atoms with Gasteiger partial charge < -0.3 is 5.73 Å². The van der Waals surface area contributed by atoms with Crippen LogP contribution in [0.1, 0.15) is 5.56 Å². The predicted octanol–water partition coefficient (Wildman–Crippen LogP) is 3.50. The Balaban J connectivity index is 3.10. The van der Waals surface area contributed by atoms with Gasteiger partial charge in [0, 0.05) is 5.69 Å². The average molecular weight is 295 g/mol. The van der Waals surface area contributed by atoms with Gasteiger partial charge in [-0.25, -0.2) is 4.39 Å². The van der Waals surface area contributed by atoms with Crippen LogP contribution in [-0.4, -0.2) is 0 Å². The van der Waals surface area contributed by atoms with Crippen LogP contribution in [0.25, 0.3) is 6.08 Å². The molecular formula is C8H6Br2FN. The van der Waals surface area contributed by atoms with Crippen molar-refractivity contribution in [3.8, 4) is 0 Å². The van der Waals surface area contributed by atoms with Crippen LogP contribution in [0.2, 0.25) is 0 Å². The molecule has 2 N–H and O–H groups in total. The Bertz CT molecular complexity index is 319. The average Bonchev–Trinajstić information content (AvgIpc) is 1.94. The molecule has 0 radical (unpaired) electrons. The Hall–Kier alpha value is -0.350. The summed E-state index contributed by atoms with van der Waals surface area (Å²) in [6, 6.07) is 4.27. The number of hydrogen-bond donors (Lipinski definition) is 1. The summed E-state index contributed by atoms with van der Waals surface area (Å²) in [6.45, 7) is 0. The smallest absolute Gasteiger partial charge is 0.125 e. The molecule has 1 nitrogen and oxygen atoms in total. The van der Waals surface area contributed by atoms with Gasteiger partial charge in [-0.15, -0.1) is 0 Å². The summed E-state index contributed by atoms with van der Waals surface area (Å²) in [5, 5.41) is 0. The van der Waals surface area contributed by atoms with E-state index in [2.05, 4.69) is 31.9 Å². The first-order valence-corrected chi connectivity index (χ1v) is 4.76. The molecule has 0 aliphatic carbocycles. The number of nitrogens with two attached hydrogens (primary N) is 1. The van der Waals surface area contributed by atoms with Crippen molar-refractivity contribution in [2.75, 3.05) is 5.73 Å². The highest BCUT2D eigenvalue weighted by Gasteiger charge is 1.97.